The number of piperidine rings is 1. The molecule has 0 atom stereocenters. The lowest BCUT2D eigenvalue weighted by Crippen LogP contribution is -2.42. The number of carbonyl (C=O) groups is 1. The van der Waals surface area contributed by atoms with E-state index in [4.69, 9.17) is 25.8 Å². The Morgan fingerprint density at radius 2 is 2.09 bits per heavy atom. The first-order chi connectivity index (χ1) is 10.5. The number of ether oxygens (including phenoxy) is 3. The van der Waals surface area contributed by atoms with E-state index in [0.29, 0.717) is 31.7 Å². The SMILES string of the molecule is COc1cnc(OC2CCN(C(=O)OC(C)C)CC2)nc1Cl. The second kappa shape index (κ2) is 7.49. The van der Waals surface area contributed by atoms with Crippen LogP contribution in [0.3, 0.4) is 0 Å². The highest BCUT2D eigenvalue weighted by molar-refractivity contribution is 6.30. The summed E-state index contributed by atoms with van der Waals surface area (Å²) >= 11 is 5.93. The van der Waals surface area contributed by atoms with Gasteiger partial charge in [-0.25, -0.2) is 4.79 Å². The van der Waals surface area contributed by atoms with Gasteiger partial charge in [0.25, 0.3) is 0 Å². The summed E-state index contributed by atoms with van der Waals surface area (Å²) in [6, 6.07) is 0.217. The van der Waals surface area contributed by atoms with E-state index in [1.54, 1.807) is 4.90 Å². The van der Waals surface area contributed by atoms with E-state index in [1.807, 2.05) is 13.8 Å². The van der Waals surface area contributed by atoms with Crippen LogP contribution in [0.5, 0.6) is 11.8 Å². The molecule has 7 nitrogen and oxygen atoms in total. The largest absolute Gasteiger partial charge is 0.492 e. The summed E-state index contributed by atoms with van der Waals surface area (Å²) in [5.74, 6) is 0.403. The molecule has 1 aliphatic heterocycles. The minimum Gasteiger partial charge on any atom is -0.492 e. The van der Waals surface area contributed by atoms with E-state index in [9.17, 15) is 4.79 Å². The molecule has 0 saturated carbocycles. The first kappa shape index (κ1) is 16.6. The second-order valence-corrected chi connectivity index (χ2v) is 5.61. The average Bonchev–Trinajstić information content (AvgIpc) is 2.47. The molecule has 22 heavy (non-hydrogen) atoms. The van der Waals surface area contributed by atoms with Gasteiger partial charge in [0, 0.05) is 25.9 Å². The topological polar surface area (TPSA) is 73.8 Å². The summed E-state index contributed by atoms with van der Waals surface area (Å²) in [5, 5.41) is 0.213. The third-order valence-electron chi connectivity index (χ3n) is 3.22. The molecule has 0 radical (unpaired) electrons. The lowest BCUT2D eigenvalue weighted by atomic mass is 10.1. The van der Waals surface area contributed by atoms with Crippen LogP contribution < -0.4 is 9.47 Å². The molecule has 122 valence electrons. The lowest BCUT2D eigenvalue weighted by Gasteiger charge is -2.31. The Labute approximate surface area is 134 Å². The maximum Gasteiger partial charge on any atom is 0.410 e. The zero-order chi connectivity index (χ0) is 16.1. The predicted octanol–water partition coefficient (Wildman–Crippen LogP) is 2.53. The Morgan fingerprint density at radius 1 is 1.41 bits per heavy atom. The predicted molar refractivity (Wildman–Crippen MR) is 80.4 cm³/mol. The molecule has 1 aromatic rings. The van der Waals surface area contributed by atoms with E-state index >= 15 is 0 Å². The fraction of sp³-hybridized carbons (Fsp3) is 0.643. The number of hydrogen-bond acceptors (Lipinski definition) is 6. The van der Waals surface area contributed by atoms with Crippen LogP contribution in [0.15, 0.2) is 6.20 Å². The van der Waals surface area contributed by atoms with E-state index in [-0.39, 0.29) is 29.5 Å². The molecule has 0 N–H and O–H groups in total. The molecular formula is C14H20ClN3O4. The van der Waals surface area contributed by atoms with Crippen LogP contribution in [-0.4, -0.2) is 53.4 Å². The molecule has 0 bridgehead atoms. The number of hydrogen-bond donors (Lipinski definition) is 0. The summed E-state index contributed by atoms with van der Waals surface area (Å²) in [5.41, 5.74) is 0. The van der Waals surface area contributed by atoms with Gasteiger partial charge in [-0.15, -0.1) is 0 Å². The number of nitrogens with zero attached hydrogens (tertiary/aromatic N) is 3. The number of methoxy groups -OCH3 is 1. The van der Waals surface area contributed by atoms with Crippen LogP contribution in [0.4, 0.5) is 4.79 Å². The van der Waals surface area contributed by atoms with Crippen LogP contribution in [0, 0.1) is 0 Å². The van der Waals surface area contributed by atoms with Crippen LogP contribution in [0.2, 0.25) is 5.15 Å². The zero-order valence-electron chi connectivity index (χ0n) is 12.9. The number of likely N-dealkylation sites (tertiary alicyclic amines) is 1. The molecule has 1 fully saturated rings. The molecular weight excluding hydrogens is 310 g/mol. The molecule has 1 aromatic heterocycles. The van der Waals surface area contributed by atoms with Crippen molar-refractivity contribution in [2.24, 2.45) is 0 Å². The Morgan fingerprint density at radius 3 is 2.64 bits per heavy atom. The minimum atomic E-state index is -0.280. The number of aromatic nitrogens is 2. The maximum atomic E-state index is 11.8. The van der Waals surface area contributed by atoms with E-state index < -0.39 is 0 Å². The zero-order valence-corrected chi connectivity index (χ0v) is 13.7. The third-order valence-corrected chi connectivity index (χ3v) is 3.49. The van der Waals surface area contributed by atoms with Gasteiger partial charge in [0.05, 0.1) is 19.4 Å². The smallest absolute Gasteiger partial charge is 0.410 e. The molecule has 0 aliphatic carbocycles. The van der Waals surface area contributed by atoms with Gasteiger partial charge in [0.1, 0.15) is 6.10 Å². The standard InChI is InChI=1S/C14H20ClN3O4/c1-9(2)21-14(19)18-6-4-10(5-7-18)22-13-16-8-11(20-3)12(15)17-13/h8-10H,4-7H2,1-3H3. The monoisotopic (exact) mass is 329 g/mol. The normalized spacial score (nSPS) is 15.8. The molecule has 2 rings (SSSR count). The van der Waals surface area contributed by atoms with Crippen molar-refractivity contribution >= 4 is 17.7 Å². The highest BCUT2D eigenvalue weighted by Gasteiger charge is 2.26. The molecule has 0 unspecified atom stereocenters. The first-order valence-corrected chi connectivity index (χ1v) is 7.56. The second-order valence-electron chi connectivity index (χ2n) is 5.25. The van der Waals surface area contributed by atoms with Crippen molar-refractivity contribution in [3.8, 4) is 11.8 Å². The Hall–Kier alpha value is -1.76. The minimum absolute atomic E-state index is 0.0486. The highest BCUT2D eigenvalue weighted by Crippen LogP contribution is 2.24. The summed E-state index contributed by atoms with van der Waals surface area (Å²) in [6.45, 7) is 4.83. The van der Waals surface area contributed by atoms with Gasteiger partial charge in [0.15, 0.2) is 10.9 Å². The summed E-state index contributed by atoms with van der Waals surface area (Å²) < 4.78 is 15.9. The van der Waals surface area contributed by atoms with Gasteiger partial charge >= 0.3 is 12.1 Å². The molecule has 1 saturated heterocycles. The van der Waals surface area contributed by atoms with Gasteiger partial charge in [-0.3, -0.25) is 0 Å². The lowest BCUT2D eigenvalue weighted by molar-refractivity contribution is 0.0496. The van der Waals surface area contributed by atoms with Gasteiger partial charge in [-0.05, 0) is 13.8 Å². The molecule has 0 aromatic carbocycles. The van der Waals surface area contributed by atoms with Crippen molar-refractivity contribution in [3.05, 3.63) is 11.3 Å². The summed E-state index contributed by atoms with van der Waals surface area (Å²) in [7, 11) is 1.50. The maximum absolute atomic E-state index is 11.8. The van der Waals surface area contributed by atoms with Gasteiger partial charge < -0.3 is 19.1 Å². The van der Waals surface area contributed by atoms with Crippen LogP contribution in [0.25, 0.3) is 0 Å². The molecule has 2 heterocycles. The van der Waals surface area contributed by atoms with Gasteiger partial charge in [-0.2, -0.15) is 9.97 Å². The van der Waals surface area contributed by atoms with Crippen LogP contribution in [0.1, 0.15) is 26.7 Å². The third kappa shape index (κ3) is 4.37. The van der Waals surface area contributed by atoms with Crippen LogP contribution in [-0.2, 0) is 4.74 Å². The highest BCUT2D eigenvalue weighted by atomic mass is 35.5. The molecule has 1 amide bonds. The van der Waals surface area contributed by atoms with Gasteiger partial charge in [-0.1, -0.05) is 11.6 Å². The quantitative estimate of drug-likeness (QED) is 0.790. The summed E-state index contributed by atoms with van der Waals surface area (Å²) in [4.78, 5) is 21.6. The number of halogens is 1. The van der Waals surface area contributed by atoms with Crippen molar-refractivity contribution in [2.75, 3.05) is 20.2 Å². The van der Waals surface area contributed by atoms with Crippen molar-refractivity contribution in [1.29, 1.82) is 0 Å². The van der Waals surface area contributed by atoms with E-state index in [2.05, 4.69) is 9.97 Å². The van der Waals surface area contributed by atoms with Crippen LogP contribution >= 0.6 is 11.6 Å². The number of rotatable bonds is 4. The first-order valence-electron chi connectivity index (χ1n) is 7.18. The van der Waals surface area contributed by atoms with Gasteiger partial charge in [0.2, 0.25) is 0 Å². The van der Waals surface area contributed by atoms with E-state index in [1.165, 1.54) is 13.3 Å². The average molecular weight is 330 g/mol. The molecule has 0 spiro atoms. The summed E-state index contributed by atoms with van der Waals surface area (Å²) in [6.07, 6.45) is 2.42. The number of amides is 1. The fourth-order valence-electron chi connectivity index (χ4n) is 2.11. The molecule has 1 aliphatic rings. The molecule has 8 heteroatoms. The van der Waals surface area contributed by atoms with Crippen molar-refractivity contribution in [1.82, 2.24) is 14.9 Å². The van der Waals surface area contributed by atoms with Crippen molar-refractivity contribution in [3.63, 3.8) is 0 Å². The van der Waals surface area contributed by atoms with E-state index in [0.717, 1.165) is 0 Å². The van der Waals surface area contributed by atoms with Crippen molar-refractivity contribution in [2.45, 2.75) is 38.9 Å². The Bertz CT molecular complexity index is 519. The number of carbonyl (C=O) groups excluding carboxylic acids is 1. The Kier molecular flexibility index (Phi) is 5.65. The fourth-order valence-corrected chi connectivity index (χ4v) is 2.31. The Balaban J connectivity index is 1.85. The van der Waals surface area contributed by atoms with Crippen molar-refractivity contribution < 1.29 is 19.0 Å².